The minimum atomic E-state index is -4.84. The van der Waals surface area contributed by atoms with Crippen LogP contribution in [0.25, 0.3) is 0 Å². The fraction of sp³-hybridized carbons (Fsp3) is 0.333. The van der Waals surface area contributed by atoms with Gasteiger partial charge in [-0.25, -0.2) is 0 Å². The number of benzene rings is 1. The van der Waals surface area contributed by atoms with E-state index >= 15 is 0 Å². The molecule has 1 aromatic rings. The summed E-state index contributed by atoms with van der Waals surface area (Å²) in [6, 6.07) is 3.24. The molecule has 0 aromatic heterocycles. The summed E-state index contributed by atoms with van der Waals surface area (Å²) >= 11 is 0. The molecule has 7 nitrogen and oxygen atoms in total. The average molecular weight is 296 g/mol. The van der Waals surface area contributed by atoms with Crippen molar-refractivity contribution in [3.05, 3.63) is 18.2 Å². The third kappa shape index (κ3) is 3.42. The van der Waals surface area contributed by atoms with Crippen LogP contribution in [0, 0.1) is 0 Å². The van der Waals surface area contributed by atoms with Gasteiger partial charge in [0.15, 0.2) is 4.90 Å². The zero-order chi connectivity index (χ0) is 14.0. The van der Waals surface area contributed by atoms with Crippen LogP contribution >= 0.6 is 0 Å². The SMILES string of the molecule is CCCOc1cccc(S(=O)(=O)O)c1S(=O)(=O)O. The third-order valence-electron chi connectivity index (χ3n) is 1.94. The molecule has 0 spiro atoms. The summed E-state index contributed by atoms with van der Waals surface area (Å²) in [5.74, 6) is -0.325. The molecule has 9 heteroatoms. The van der Waals surface area contributed by atoms with Crippen LogP contribution in [0.3, 0.4) is 0 Å². The van der Waals surface area contributed by atoms with Gasteiger partial charge < -0.3 is 4.74 Å². The molecule has 1 aromatic carbocycles. The maximum atomic E-state index is 11.2. The quantitative estimate of drug-likeness (QED) is 0.777. The number of ether oxygens (including phenoxy) is 1. The summed E-state index contributed by atoms with van der Waals surface area (Å²) in [7, 11) is -9.63. The molecule has 0 bridgehead atoms. The molecular formula is C9H12O7S2. The van der Waals surface area contributed by atoms with Gasteiger partial charge in [0.25, 0.3) is 20.2 Å². The Balaban J connectivity index is 3.56. The molecule has 1 rings (SSSR count). The second kappa shape index (κ2) is 5.22. The largest absolute Gasteiger partial charge is 0.492 e. The molecule has 0 fully saturated rings. The van der Waals surface area contributed by atoms with Crippen LogP contribution in [-0.2, 0) is 20.2 Å². The van der Waals surface area contributed by atoms with Crippen LogP contribution in [0.5, 0.6) is 5.75 Å². The molecule has 0 radical (unpaired) electrons. The van der Waals surface area contributed by atoms with Gasteiger partial charge in [0, 0.05) is 0 Å². The van der Waals surface area contributed by atoms with E-state index in [4.69, 9.17) is 13.8 Å². The van der Waals surface area contributed by atoms with Gasteiger partial charge in [-0.05, 0) is 18.6 Å². The molecular weight excluding hydrogens is 284 g/mol. The molecule has 0 unspecified atom stereocenters. The molecule has 0 aliphatic carbocycles. The van der Waals surface area contributed by atoms with Gasteiger partial charge in [0.1, 0.15) is 10.6 Å². The Kier molecular flexibility index (Phi) is 4.32. The third-order valence-corrected chi connectivity index (χ3v) is 3.90. The minimum absolute atomic E-state index is 0.136. The molecule has 0 aliphatic rings. The van der Waals surface area contributed by atoms with Crippen LogP contribution in [0.2, 0.25) is 0 Å². The molecule has 2 N–H and O–H groups in total. The topological polar surface area (TPSA) is 118 Å². The van der Waals surface area contributed by atoms with E-state index in [-0.39, 0.29) is 12.4 Å². The first-order chi connectivity index (χ1) is 8.18. The first kappa shape index (κ1) is 14.9. The summed E-state index contributed by atoms with van der Waals surface area (Å²) in [6.07, 6.45) is 0.557. The van der Waals surface area contributed by atoms with Crippen molar-refractivity contribution >= 4 is 20.2 Å². The van der Waals surface area contributed by atoms with Crippen molar-refractivity contribution in [2.45, 2.75) is 23.1 Å². The number of rotatable bonds is 5. The van der Waals surface area contributed by atoms with Crippen LogP contribution in [0.15, 0.2) is 28.0 Å². The fourth-order valence-electron chi connectivity index (χ4n) is 1.28. The summed E-state index contributed by atoms with van der Waals surface area (Å²) in [5, 5.41) is 0. The highest BCUT2D eigenvalue weighted by atomic mass is 32.2. The summed E-state index contributed by atoms with van der Waals surface area (Å²) in [5.41, 5.74) is 0. The first-order valence-corrected chi connectivity index (χ1v) is 7.76. The minimum Gasteiger partial charge on any atom is -0.492 e. The van der Waals surface area contributed by atoms with Gasteiger partial charge in [-0.15, -0.1) is 0 Å². The zero-order valence-electron chi connectivity index (χ0n) is 9.40. The lowest BCUT2D eigenvalue weighted by molar-refractivity contribution is 0.305. The molecule has 0 aliphatic heterocycles. The van der Waals surface area contributed by atoms with Gasteiger partial charge in [-0.3, -0.25) is 9.11 Å². The van der Waals surface area contributed by atoms with Crippen molar-refractivity contribution in [1.82, 2.24) is 0 Å². The van der Waals surface area contributed by atoms with E-state index in [1.54, 1.807) is 6.92 Å². The maximum Gasteiger partial charge on any atom is 0.299 e. The average Bonchev–Trinajstić information content (AvgIpc) is 2.23. The Bertz CT molecular complexity index is 631. The highest BCUT2D eigenvalue weighted by Crippen LogP contribution is 2.30. The van der Waals surface area contributed by atoms with Crippen LogP contribution in [-0.4, -0.2) is 32.5 Å². The smallest absolute Gasteiger partial charge is 0.299 e. The van der Waals surface area contributed by atoms with Gasteiger partial charge >= 0.3 is 0 Å². The molecule has 18 heavy (non-hydrogen) atoms. The van der Waals surface area contributed by atoms with E-state index < -0.39 is 30.0 Å². The van der Waals surface area contributed by atoms with Crippen molar-refractivity contribution in [2.75, 3.05) is 6.61 Å². The monoisotopic (exact) mass is 296 g/mol. The Hall–Kier alpha value is -1.16. The molecule has 0 saturated carbocycles. The van der Waals surface area contributed by atoms with Crippen molar-refractivity contribution in [3.63, 3.8) is 0 Å². The highest BCUT2D eigenvalue weighted by Gasteiger charge is 2.28. The Morgan fingerprint density at radius 2 is 1.72 bits per heavy atom. The fourth-order valence-corrected chi connectivity index (χ4v) is 3.20. The lowest BCUT2D eigenvalue weighted by Gasteiger charge is -2.11. The van der Waals surface area contributed by atoms with E-state index in [1.165, 1.54) is 12.1 Å². The van der Waals surface area contributed by atoms with E-state index in [2.05, 4.69) is 0 Å². The lowest BCUT2D eigenvalue weighted by atomic mass is 10.3. The van der Waals surface area contributed by atoms with Crippen molar-refractivity contribution in [2.24, 2.45) is 0 Å². The number of hydrogen-bond donors (Lipinski definition) is 2. The lowest BCUT2D eigenvalue weighted by Crippen LogP contribution is -2.11. The molecule has 0 amide bonds. The summed E-state index contributed by atoms with van der Waals surface area (Å²) < 4.78 is 67.5. The molecule has 0 heterocycles. The van der Waals surface area contributed by atoms with Gasteiger partial charge in [0.2, 0.25) is 0 Å². The van der Waals surface area contributed by atoms with Gasteiger partial charge in [0.05, 0.1) is 6.61 Å². The second-order valence-corrected chi connectivity index (χ2v) is 6.13. The van der Waals surface area contributed by atoms with Crippen molar-refractivity contribution < 1.29 is 30.7 Å². The molecule has 0 saturated heterocycles. The summed E-state index contributed by atoms with van der Waals surface area (Å²) in [6.45, 7) is 1.90. The van der Waals surface area contributed by atoms with E-state index in [1.807, 2.05) is 0 Å². The normalized spacial score (nSPS) is 12.4. The van der Waals surface area contributed by atoms with Crippen LogP contribution < -0.4 is 4.74 Å². The second-order valence-electron chi connectivity index (χ2n) is 3.38. The van der Waals surface area contributed by atoms with Crippen LogP contribution in [0.4, 0.5) is 0 Å². The Labute approximate surface area is 105 Å². The predicted molar refractivity (Wildman–Crippen MR) is 61.9 cm³/mol. The van der Waals surface area contributed by atoms with Crippen molar-refractivity contribution in [1.29, 1.82) is 0 Å². The van der Waals surface area contributed by atoms with Gasteiger partial charge in [-0.1, -0.05) is 13.0 Å². The van der Waals surface area contributed by atoms with Crippen LogP contribution in [0.1, 0.15) is 13.3 Å². The summed E-state index contributed by atoms with van der Waals surface area (Å²) in [4.78, 5) is -1.88. The molecule has 102 valence electrons. The van der Waals surface area contributed by atoms with E-state index in [0.717, 1.165) is 6.07 Å². The standard InChI is InChI=1S/C9H12O7S2/c1-2-6-16-7-4-3-5-8(17(10,11)12)9(7)18(13,14)15/h3-5H,2,6H2,1H3,(H,10,11,12)(H,13,14,15). The zero-order valence-corrected chi connectivity index (χ0v) is 11.0. The van der Waals surface area contributed by atoms with Gasteiger partial charge in [-0.2, -0.15) is 16.8 Å². The molecule has 0 atom stereocenters. The Morgan fingerprint density at radius 3 is 2.17 bits per heavy atom. The maximum absolute atomic E-state index is 11.2. The predicted octanol–water partition coefficient (Wildman–Crippen LogP) is 0.969. The van der Waals surface area contributed by atoms with E-state index in [0.29, 0.717) is 6.42 Å². The highest BCUT2D eigenvalue weighted by molar-refractivity contribution is 7.89. The number of hydrogen-bond acceptors (Lipinski definition) is 5. The Morgan fingerprint density at radius 1 is 1.11 bits per heavy atom. The first-order valence-electron chi connectivity index (χ1n) is 4.88. The van der Waals surface area contributed by atoms with E-state index in [9.17, 15) is 16.8 Å². The van der Waals surface area contributed by atoms with Crippen molar-refractivity contribution in [3.8, 4) is 5.75 Å².